The molecule has 0 aromatic heterocycles. The van der Waals surface area contributed by atoms with Gasteiger partial charge in [-0.3, -0.25) is 4.21 Å². The van der Waals surface area contributed by atoms with Crippen LogP contribution in [0.15, 0.2) is 36.4 Å². The van der Waals surface area contributed by atoms with Crippen molar-refractivity contribution in [1.82, 2.24) is 0 Å². The Morgan fingerprint density at radius 3 is 2.40 bits per heavy atom. The van der Waals surface area contributed by atoms with Gasteiger partial charge < -0.3 is 5.73 Å². The summed E-state index contributed by atoms with van der Waals surface area (Å²) in [5.74, 6) is 0.155. The fourth-order valence-electron chi connectivity index (χ4n) is 2.27. The van der Waals surface area contributed by atoms with Crippen molar-refractivity contribution in [3.8, 4) is 0 Å². The standard InChI is InChI=1S/C16H18FNOS/c1-11-6-12(2)8-13(7-11)9-20(19)10-14-4-3-5-15(18)16(14)17/h3-8H,9-10,18H2,1-2H3. The van der Waals surface area contributed by atoms with Crippen molar-refractivity contribution in [3.05, 3.63) is 64.5 Å². The van der Waals surface area contributed by atoms with E-state index in [1.807, 2.05) is 26.0 Å². The predicted octanol–water partition coefficient (Wildman–Crippen LogP) is 3.47. The highest BCUT2D eigenvalue weighted by Gasteiger charge is 2.10. The third kappa shape index (κ3) is 3.67. The number of anilines is 1. The lowest BCUT2D eigenvalue weighted by Crippen LogP contribution is -2.03. The van der Waals surface area contributed by atoms with Gasteiger partial charge in [0, 0.05) is 22.1 Å². The zero-order valence-electron chi connectivity index (χ0n) is 11.7. The first kappa shape index (κ1) is 14.7. The molecule has 106 valence electrons. The van der Waals surface area contributed by atoms with Gasteiger partial charge in [0.1, 0.15) is 5.82 Å². The maximum Gasteiger partial charge on any atom is 0.150 e. The molecule has 20 heavy (non-hydrogen) atoms. The lowest BCUT2D eigenvalue weighted by Gasteiger charge is -2.07. The summed E-state index contributed by atoms with van der Waals surface area (Å²) in [6, 6.07) is 10.9. The minimum atomic E-state index is -1.15. The van der Waals surface area contributed by atoms with Gasteiger partial charge in [-0.05, 0) is 25.5 Å². The first-order chi connectivity index (χ1) is 9.45. The van der Waals surface area contributed by atoms with E-state index >= 15 is 0 Å². The maximum absolute atomic E-state index is 13.8. The first-order valence-electron chi connectivity index (χ1n) is 6.40. The van der Waals surface area contributed by atoms with Crippen molar-refractivity contribution in [2.24, 2.45) is 0 Å². The third-order valence-electron chi connectivity index (χ3n) is 3.03. The highest BCUT2D eigenvalue weighted by atomic mass is 32.2. The van der Waals surface area contributed by atoms with E-state index in [1.165, 1.54) is 6.07 Å². The molecule has 2 aromatic carbocycles. The van der Waals surface area contributed by atoms with E-state index < -0.39 is 16.6 Å². The summed E-state index contributed by atoms with van der Waals surface area (Å²) in [7, 11) is -1.15. The van der Waals surface area contributed by atoms with Gasteiger partial charge in [-0.15, -0.1) is 0 Å². The number of benzene rings is 2. The summed E-state index contributed by atoms with van der Waals surface area (Å²) >= 11 is 0. The van der Waals surface area contributed by atoms with Gasteiger partial charge in [-0.1, -0.05) is 41.5 Å². The number of nitrogen functional groups attached to an aromatic ring is 1. The minimum Gasteiger partial charge on any atom is -0.396 e. The molecular formula is C16H18FNOS. The van der Waals surface area contributed by atoms with Crippen LogP contribution >= 0.6 is 0 Å². The summed E-state index contributed by atoms with van der Waals surface area (Å²) in [6.45, 7) is 4.02. The molecule has 0 heterocycles. The van der Waals surface area contributed by atoms with Crippen molar-refractivity contribution in [3.63, 3.8) is 0 Å². The Morgan fingerprint density at radius 2 is 1.75 bits per heavy atom. The molecule has 0 amide bonds. The Bertz CT molecular complexity index is 635. The Labute approximate surface area is 121 Å². The van der Waals surface area contributed by atoms with E-state index in [9.17, 15) is 8.60 Å². The molecule has 2 N–H and O–H groups in total. The van der Waals surface area contributed by atoms with E-state index in [-0.39, 0.29) is 11.4 Å². The van der Waals surface area contributed by atoms with Gasteiger partial charge in [0.05, 0.1) is 11.4 Å². The largest absolute Gasteiger partial charge is 0.396 e. The van der Waals surface area contributed by atoms with Crippen LogP contribution in [0.2, 0.25) is 0 Å². The Kier molecular flexibility index (Phi) is 4.55. The van der Waals surface area contributed by atoms with Gasteiger partial charge in [0.15, 0.2) is 0 Å². The molecule has 1 unspecified atom stereocenters. The fourth-order valence-corrected chi connectivity index (χ4v) is 3.48. The molecule has 0 aliphatic heterocycles. The van der Waals surface area contributed by atoms with Gasteiger partial charge in [-0.25, -0.2) is 4.39 Å². The summed E-state index contributed by atoms with van der Waals surface area (Å²) in [5, 5.41) is 0. The molecule has 0 spiro atoms. The number of halogens is 1. The van der Waals surface area contributed by atoms with Crippen LogP contribution in [0.1, 0.15) is 22.3 Å². The van der Waals surface area contributed by atoms with E-state index in [4.69, 9.17) is 5.73 Å². The number of hydrogen-bond donors (Lipinski definition) is 1. The predicted molar refractivity (Wildman–Crippen MR) is 82.3 cm³/mol. The molecule has 4 heteroatoms. The highest BCUT2D eigenvalue weighted by molar-refractivity contribution is 7.83. The van der Waals surface area contributed by atoms with Crippen LogP contribution in [0, 0.1) is 19.7 Å². The number of aryl methyl sites for hydroxylation is 2. The number of nitrogens with two attached hydrogens (primary N) is 1. The van der Waals surface area contributed by atoms with E-state index in [0.717, 1.165) is 16.7 Å². The number of hydrogen-bond acceptors (Lipinski definition) is 2. The van der Waals surface area contributed by atoms with E-state index in [0.29, 0.717) is 11.3 Å². The molecule has 0 radical (unpaired) electrons. The second-order valence-corrected chi connectivity index (χ2v) is 6.50. The molecule has 0 saturated carbocycles. The first-order valence-corrected chi connectivity index (χ1v) is 7.89. The van der Waals surface area contributed by atoms with Crippen LogP contribution in [-0.2, 0) is 22.3 Å². The van der Waals surface area contributed by atoms with Crippen LogP contribution in [0.3, 0.4) is 0 Å². The maximum atomic E-state index is 13.8. The SMILES string of the molecule is Cc1cc(C)cc(CS(=O)Cc2cccc(N)c2F)c1. The third-order valence-corrected chi connectivity index (χ3v) is 4.32. The van der Waals surface area contributed by atoms with Gasteiger partial charge in [-0.2, -0.15) is 0 Å². The second-order valence-electron chi connectivity index (χ2n) is 5.04. The van der Waals surface area contributed by atoms with Crippen LogP contribution < -0.4 is 5.73 Å². The van der Waals surface area contributed by atoms with Crippen LogP contribution in [0.5, 0.6) is 0 Å². The summed E-state index contributed by atoms with van der Waals surface area (Å²) in [5.41, 5.74) is 9.34. The normalized spacial score (nSPS) is 12.3. The van der Waals surface area contributed by atoms with Gasteiger partial charge in [0.2, 0.25) is 0 Å². The molecule has 2 aromatic rings. The van der Waals surface area contributed by atoms with Crippen molar-refractivity contribution in [1.29, 1.82) is 0 Å². The molecule has 0 aliphatic rings. The number of rotatable bonds is 4. The van der Waals surface area contributed by atoms with Crippen LogP contribution in [0.4, 0.5) is 10.1 Å². The monoisotopic (exact) mass is 291 g/mol. The quantitative estimate of drug-likeness (QED) is 0.876. The Balaban J connectivity index is 2.11. The Hall–Kier alpha value is -1.68. The molecule has 0 bridgehead atoms. The molecule has 2 nitrogen and oxygen atoms in total. The zero-order valence-corrected chi connectivity index (χ0v) is 12.5. The fraction of sp³-hybridized carbons (Fsp3) is 0.250. The molecule has 0 fully saturated rings. The van der Waals surface area contributed by atoms with Gasteiger partial charge >= 0.3 is 0 Å². The molecule has 0 aliphatic carbocycles. The van der Waals surface area contributed by atoms with Crippen molar-refractivity contribution >= 4 is 16.5 Å². The molecule has 1 atom stereocenters. The van der Waals surface area contributed by atoms with Gasteiger partial charge in [0.25, 0.3) is 0 Å². The molecular weight excluding hydrogens is 273 g/mol. The molecule has 0 saturated heterocycles. The summed E-state index contributed by atoms with van der Waals surface area (Å²) in [6.07, 6.45) is 0. The van der Waals surface area contributed by atoms with E-state index in [1.54, 1.807) is 12.1 Å². The topological polar surface area (TPSA) is 43.1 Å². The average molecular weight is 291 g/mol. The lowest BCUT2D eigenvalue weighted by molar-refractivity contribution is 0.620. The van der Waals surface area contributed by atoms with Crippen molar-refractivity contribution < 1.29 is 8.60 Å². The second kappa shape index (κ2) is 6.18. The average Bonchev–Trinajstić information content (AvgIpc) is 2.33. The van der Waals surface area contributed by atoms with Crippen molar-refractivity contribution in [2.45, 2.75) is 25.4 Å². The Morgan fingerprint density at radius 1 is 1.10 bits per heavy atom. The van der Waals surface area contributed by atoms with Crippen LogP contribution in [-0.4, -0.2) is 4.21 Å². The van der Waals surface area contributed by atoms with Crippen LogP contribution in [0.25, 0.3) is 0 Å². The zero-order chi connectivity index (χ0) is 14.7. The smallest absolute Gasteiger partial charge is 0.150 e. The molecule has 2 rings (SSSR count). The van der Waals surface area contributed by atoms with Crippen molar-refractivity contribution in [2.75, 3.05) is 5.73 Å². The highest BCUT2D eigenvalue weighted by Crippen LogP contribution is 2.18. The summed E-state index contributed by atoms with van der Waals surface area (Å²) in [4.78, 5) is 0. The minimum absolute atomic E-state index is 0.103. The summed E-state index contributed by atoms with van der Waals surface area (Å²) < 4.78 is 25.9. The van der Waals surface area contributed by atoms with E-state index in [2.05, 4.69) is 6.07 Å². The lowest BCUT2D eigenvalue weighted by atomic mass is 10.1.